The Labute approximate surface area is 98.3 Å². The van der Waals surface area contributed by atoms with Gasteiger partial charge in [-0.25, -0.2) is 0 Å². The number of allylic oxidation sites excluding steroid dienone is 1. The average molecular weight is 218 g/mol. The monoisotopic (exact) mass is 218 g/mol. The predicted molar refractivity (Wildman–Crippen MR) is 65.0 cm³/mol. The summed E-state index contributed by atoms with van der Waals surface area (Å²) in [4.78, 5) is 11.3. The first kappa shape index (κ1) is 10.6. The van der Waals surface area contributed by atoms with E-state index >= 15 is 0 Å². The summed E-state index contributed by atoms with van der Waals surface area (Å²) in [7, 11) is 0. The first-order valence-electron chi connectivity index (χ1n) is 6.67. The zero-order valence-corrected chi connectivity index (χ0v) is 10.5. The summed E-state index contributed by atoms with van der Waals surface area (Å²) in [6.45, 7) is 9.13. The van der Waals surface area contributed by atoms with Gasteiger partial charge in [-0.2, -0.15) is 0 Å². The molecule has 0 heterocycles. The third-order valence-corrected chi connectivity index (χ3v) is 6.22. The van der Waals surface area contributed by atoms with Crippen LogP contribution in [0.25, 0.3) is 0 Å². The SMILES string of the molecule is C=C1C2CCC(C=O)C23CCC(C3)C1(C)C. The highest BCUT2D eigenvalue weighted by molar-refractivity contribution is 5.57. The normalized spacial score (nSPS) is 49.1. The largest absolute Gasteiger partial charge is 0.303 e. The van der Waals surface area contributed by atoms with Gasteiger partial charge in [0, 0.05) is 5.92 Å². The molecule has 3 saturated carbocycles. The van der Waals surface area contributed by atoms with Crippen molar-refractivity contribution in [1.82, 2.24) is 0 Å². The molecule has 1 heteroatoms. The highest BCUT2D eigenvalue weighted by Crippen LogP contribution is 2.69. The molecule has 0 saturated heterocycles. The van der Waals surface area contributed by atoms with Crippen LogP contribution in [0.15, 0.2) is 12.2 Å². The molecule has 3 aliphatic carbocycles. The van der Waals surface area contributed by atoms with E-state index in [-0.39, 0.29) is 0 Å². The first-order valence-corrected chi connectivity index (χ1v) is 6.67. The fourth-order valence-electron chi connectivity index (χ4n) is 4.99. The summed E-state index contributed by atoms with van der Waals surface area (Å²) in [6.07, 6.45) is 7.43. The Hall–Kier alpha value is -0.590. The number of aldehydes is 1. The van der Waals surface area contributed by atoms with Crippen molar-refractivity contribution >= 4 is 6.29 Å². The zero-order valence-electron chi connectivity index (χ0n) is 10.5. The van der Waals surface area contributed by atoms with Gasteiger partial charge in [-0.15, -0.1) is 0 Å². The first-order chi connectivity index (χ1) is 7.52. The number of hydrogen-bond donors (Lipinski definition) is 0. The van der Waals surface area contributed by atoms with E-state index in [1.807, 2.05) is 0 Å². The molecule has 2 bridgehead atoms. The van der Waals surface area contributed by atoms with E-state index < -0.39 is 0 Å². The number of carbonyl (C=O) groups is 1. The molecular weight excluding hydrogens is 196 g/mol. The molecule has 4 unspecified atom stereocenters. The molecule has 0 aromatic rings. The van der Waals surface area contributed by atoms with Crippen LogP contribution in [0.2, 0.25) is 0 Å². The Bertz CT molecular complexity index is 354. The van der Waals surface area contributed by atoms with E-state index in [9.17, 15) is 4.79 Å². The fraction of sp³-hybridized carbons (Fsp3) is 0.800. The summed E-state index contributed by atoms with van der Waals surface area (Å²) in [5.74, 6) is 1.74. The number of fused-ring (bicyclic) bond motifs is 1. The highest BCUT2D eigenvalue weighted by atomic mass is 16.1. The van der Waals surface area contributed by atoms with Gasteiger partial charge in [0.15, 0.2) is 0 Å². The lowest BCUT2D eigenvalue weighted by molar-refractivity contribution is -0.114. The zero-order chi connectivity index (χ0) is 11.6. The number of carbonyl (C=O) groups excluding carboxylic acids is 1. The lowest BCUT2D eigenvalue weighted by Crippen LogP contribution is -2.41. The molecule has 88 valence electrons. The minimum Gasteiger partial charge on any atom is -0.303 e. The molecule has 0 aromatic heterocycles. The van der Waals surface area contributed by atoms with Crippen LogP contribution in [-0.2, 0) is 4.79 Å². The van der Waals surface area contributed by atoms with Crippen LogP contribution in [0, 0.1) is 28.6 Å². The average Bonchev–Trinajstić information content (AvgIpc) is 2.81. The Morgan fingerprint density at radius 2 is 2.06 bits per heavy atom. The van der Waals surface area contributed by atoms with Crippen molar-refractivity contribution in [1.29, 1.82) is 0 Å². The number of hydrogen-bond acceptors (Lipinski definition) is 1. The van der Waals surface area contributed by atoms with Gasteiger partial charge in [0.05, 0.1) is 0 Å². The maximum atomic E-state index is 11.3. The van der Waals surface area contributed by atoms with Crippen LogP contribution >= 0.6 is 0 Å². The summed E-state index contributed by atoms with van der Waals surface area (Å²) in [5, 5.41) is 0. The topological polar surface area (TPSA) is 17.1 Å². The summed E-state index contributed by atoms with van der Waals surface area (Å²) in [6, 6.07) is 0. The van der Waals surface area contributed by atoms with Gasteiger partial charge in [0.25, 0.3) is 0 Å². The third kappa shape index (κ3) is 1.00. The van der Waals surface area contributed by atoms with Crippen molar-refractivity contribution in [3.05, 3.63) is 12.2 Å². The van der Waals surface area contributed by atoms with Crippen molar-refractivity contribution < 1.29 is 4.79 Å². The van der Waals surface area contributed by atoms with Crippen LogP contribution in [0.1, 0.15) is 46.0 Å². The highest BCUT2D eigenvalue weighted by Gasteiger charge is 2.61. The lowest BCUT2D eigenvalue weighted by atomic mass is 9.56. The van der Waals surface area contributed by atoms with E-state index in [2.05, 4.69) is 20.4 Å². The molecule has 0 radical (unpaired) electrons. The second-order valence-electron chi connectivity index (χ2n) is 6.79. The fourth-order valence-corrected chi connectivity index (χ4v) is 4.99. The van der Waals surface area contributed by atoms with Crippen molar-refractivity contribution in [2.45, 2.75) is 46.0 Å². The third-order valence-electron chi connectivity index (χ3n) is 6.22. The molecule has 0 aromatic carbocycles. The van der Waals surface area contributed by atoms with Crippen LogP contribution in [-0.4, -0.2) is 6.29 Å². The van der Waals surface area contributed by atoms with E-state index in [0.717, 1.165) is 12.3 Å². The van der Waals surface area contributed by atoms with Crippen molar-refractivity contribution in [3.8, 4) is 0 Å². The van der Waals surface area contributed by atoms with Gasteiger partial charge < -0.3 is 4.79 Å². The second kappa shape index (κ2) is 3.00. The Kier molecular flexibility index (Phi) is 1.98. The van der Waals surface area contributed by atoms with Gasteiger partial charge in [0.1, 0.15) is 6.29 Å². The number of rotatable bonds is 1. The van der Waals surface area contributed by atoms with Crippen LogP contribution < -0.4 is 0 Å². The van der Waals surface area contributed by atoms with E-state index in [4.69, 9.17) is 0 Å². The Balaban J connectivity index is 2.06. The van der Waals surface area contributed by atoms with Gasteiger partial charge in [-0.05, 0) is 54.8 Å². The van der Waals surface area contributed by atoms with Gasteiger partial charge >= 0.3 is 0 Å². The molecular formula is C15H22O. The molecule has 3 aliphatic rings. The van der Waals surface area contributed by atoms with E-state index in [1.165, 1.54) is 37.5 Å². The predicted octanol–water partition coefficient (Wildman–Crippen LogP) is 3.59. The summed E-state index contributed by atoms with van der Waals surface area (Å²) < 4.78 is 0. The molecule has 16 heavy (non-hydrogen) atoms. The maximum Gasteiger partial charge on any atom is 0.123 e. The van der Waals surface area contributed by atoms with Gasteiger partial charge in [0.2, 0.25) is 0 Å². The smallest absolute Gasteiger partial charge is 0.123 e. The molecule has 1 spiro atoms. The quantitative estimate of drug-likeness (QED) is 0.485. The van der Waals surface area contributed by atoms with Crippen LogP contribution in [0.5, 0.6) is 0 Å². The molecule has 3 rings (SSSR count). The van der Waals surface area contributed by atoms with Crippen molar-refractivity contribution in [2.24, 2.45) is 28.6 Å². The lowest BCUT2D eigenvalue weighted by Gasteiger charge is -2.48. The molecule has 3 fully saturated rings. The van der Waals surface area contributed by atoms with Gasteiger partial charge in [-0.1, -0.05) is 26.0 Å². The Morgan fingerprint density at radius 3 is 2.75 bits per heavy atom. The van der Waals surface area contributed by atoms with Gasteiger partial charge in [-0.3, -0.25) is 0 Å². The molecule has 1 nitrogen and oxygen atoms in total. The summed E-state index contributed by atoms with van der Waals surface area (Å²) in [5.41, 5.74) is 2.09. The molecule has 0 N–H and O–H groups in total. The van der Waals surface area contributed by atoms with Crippen LogP contribution in [0.3, 0.4) is 0 Å². The van der Waals surface area contributed by atoms with E-state index in [1.54, 1.807) is 0 Å². The molecule has 0 aliphatic heterocycles. The maximum absolute atomic E-state index is 11.3. The Morgan fingerprint density at radius 1 is 1.31 bits per heavy atom. The van der Waals surface area contributed by atoms with Crippen molar-refractivity contribution in [3.63, 3.8) is 0 Å². The minimum atomic E-state index is 0.308. The second-order valence-corrected chi connectivity index (χ2v) is 6.79. The standard InChI is InChI=1S/C15H22O/c1-10-13-5-4-12(9-16)15(13)7-6-11(8-15)14(10,2)3/h9,11-13H,1,4-8H2,2-3H3. The van der Waals surface area contributed by atoms with E-state index in [0.29, 0.717) is 22.7 Å². The van der Waals surface area contributed by atoms with Crippen molar-refractivity contribution in [2.75, 3.05) is 0 Å². The minimum absolute atomic E-state index is 0.308. The summed E-state index contributed by atoms with van der Waals surface area (Å²) >= 11 is 0. The molecule has 0 amide bonds. The molecule has 4 atom stereocenters. The van der Waals surface area contributed by atoms with Crippen LogP contribution in [0.4, 0.5) is 0 Å².